The number of ether oxygens (including phenoxy) is 2. The van der Waals surface area contributed by atoms with Gasteiger partial charge >= 0.3 is 0 Å². The van der Waals surface area contributed by atoms with Crippen LogP contribution in [0.5, 0.6) is 11.5 Å². The van der Waals surface area contributed by atoms with E-state index in [-0.39, 0.29) is 21.3 Å². The molecule has 0 amide bonds. The maximum Gasteiger partial charge on any atom is 0.271 e. The number of aromatic nitrogens is 2. The molecule has 0 fully saturated rings. The van der Waals surface area contributed by atoms with Gasteiger partial charge in [-0.3, -0.25) is 4.79 Å². The van der Waals surface area contributed by atoms with Gasteiger partial charge in [-0.2, -0.15) is 9.78 Å². The number of methoxy groups -OCH3 is 2. The Morgan fingerprint density at radius 2 is 1.74 bits per heavy atom. The van der Waals surface area contributed by atoms with Gasteiger partial charge in [0, 0.05) is 18.3 Å². The highest BCUT2D eigenvalue weighted by atomic mass is 35.5. The standard InChI is InChI=1S/C12H10Cl2N2O3/c1-18-7-6-8(19-2)11(14)12(10(7)13)16-9(17)4-3-5-15-16/h3-6H,1-2H3. The monoisotopic (exact) mass is 300 g/mol. The van der Waals surface area contributed by atoms with Crippen molar-refractivity contribution in [1.29, 1.82) is 0 Å². The van der Waals surface area contributed by atoms with Gasteiger partial charge in [0.05, 0.1) is 14.2 Å². The first kappa shape index (κ1) is 13.7. The van der Waals surface area contributed by atoms with Crippen molar-refractivity contribution in [3.8, 4) is 17.2 Å². The molecule has 7 heteroatoms. The lowest BCUT2D eigenvalue weighted by atomic mass is 10.2. The van der Waals surface area contributed by atoms with Gasteiger partial charge in [0.1, 0.15) is 27.2 Å². The average Bonchev–Trinajstić information content (AvgIpc) is 2.41. The number of nitrogens with zero attached hydrogens (tertiary/aromatic N) is 2. The summed E-state index contributed by atoms with van der Waals surface area (Å²) < 4.78 is 11.4. The summed E-state index contributed by atoms with van der Waals surface area (Å²) in [6.45, 7) is 0. The van der Waals surface area contributed by atoms with Crippen molar-refractivity contribution in [3.63, 3.8) is 0 Å². The van der Waals surface area contributed by atoms with Crippen LogP contribution in [-0.2, 0) is 0 Å². The molecule has 0 saturated carbocycles. The molecule has 0 spiro atoms. The van der Waals surface area contributed by atoms with Crippen LogP contribution in [0.1, 0.15) is 0 Å². The average molecular weight is 301 g/mol. The minimum atomic E-state index is -0.360. The van der Waals surface area contributed by atoms with Crippen LogP contribution in [0.3, 0.4) is 0 Å². The Kier molecular flexibility index (Phi) is 3.97. The van der Waals surface area contributed by atoms with Gasteiger partial charge in [-0.15, -0.1) is 0 Å². The molecule has 100 valence electrons. The van der Waals surface area contributed by atoms with Gasteiger partial charge in [0.2, 0.25) is 0 Å². The van der Waals surface area contributed by atoms with Crippen molar-refractivity contribution >= 4 is 23.2 Å². The Labute approximate surface area is 119 Å². The van der Waals surface area contributed by atoms with Crippen molar-refractivity contribution < 1.29 is 9.47 Å². The fourth-order valence-corrected chi connectivity index (χ4v) is 2.25. The van der Waals surface area contributed by atoms with Crippen LogP contribution in [0.2, 0.25) is 10.0 Å². The second-order valence-electron chi connectivity index (χ2n) is 3.53. The zero-order chi connectivity index (χ0) is 14.0. The summed E-state index contributed by atoms with van der Waals surface area (Å²) in [6.07, 6.45) is 1.46. The van der Waals surface area contributed by atoms with E-state index in [4.69, 9.17) is 32.7 Å². The lowest BCUT2D eigenvalue weighted by Crippen LogP contribution is -2.20. The van der Waals surface area contributed by atoms with E-state index in [2.05, 4.69) is 5.10 Å². The third-order valence-electron chi connectivity index (χ3n) is 2.48. The second-order valence-corrected chi connectivity index (χ2v) is 4.29. The van der Waals surface area contributed by atoms with Gasteiger partial charge in [-0.05, 0) is 6.07 Å². The number of halogens is 2. The third-order valence-corrected chi connectivity index (χ3v) is 3.21. The van der Waals surface area contributed by atoms with Crippen molar-refractivity contribution in [2.45, 2.75) is 0 Å². The molecule has 0 unspecified atom stereocenters. The first-order chi connectivity index (χ1) is 9.10. The summed E-state index contributed by atoms with van der Waals surface area (Å²) in [5, 5.41) is 4.32. The molecule has 0 aliphatic rings. The molecule has 0 aliphatic heterocycles. The molecule has 5 nitrogen and oxygen atoms in total. The first-order valence-corrected chi connectivity index (χ1v) is 6.00. The van der Waals surface area contributed by atoms with E-state index in [0.717, 1.165) is 4.68 Å². The largest absolute Gasteiger partial charge is 0.495 e. The highest BCUT2D eigenvalue weighted by molar-refractivity contribution is 6.39. The fourth-order valence-electron chi connectivity index (χ4n) is 1.58. The summed E-state index contributed by atoms with van der Waals surface area (Å²) in [4.78, 5) is 11.8. The summed E-state index contributed by atoms with van der Waals surface area (Å²) in [5.41, 5.74) is -0.133. The highest BCUT2D eigenvalue weighted by Crippen LogP contribution is 2.41. The fraction of sp³-hybridized carbons (Fsp3) is 0.167. The third kappa shape index (κ3) is 2.39. The normalized spacial score (nSPS) is 10.3. The van der Waals surface area contributed by atoms with E-state index in [1.807, 2.05) is 0 Å². The van der Waals surface area contributed by atoms with Gasteiger partial charge in [0.25, 0.3) is 5.56 Å². The zero-order valence-corrected chi connectivity index (χ0v) is 11.7. The van der Waals surface area contributed by atoms with Crippen molar-refractivity contribution in [2.24, 2.45) is 0 Å². The number of hydrogen-bond donors (Lipinski definition) is 0. The molecule has 0 atom stereocenters. The van der Waals surface area contributed by atoms with Gasteiger partial charge in [-0.1, -0.05) is 23.2 Å². The van der Waals surface area contributed by atoms with E-state index in [1.54, 1.807) is 6.07 Å². The number of hydrogen-bond acceptors (Lipinski definition) is 4. The van der Waals surface area contributed by atoms with Crippen LogP contribution in [0.25, 0.3) is 5.69 Å². The maximum atomic E-state index is 11.8. The maximum absolute atomic E-state index is 11.8. The lowest BCUT2D eigenvalue weighted by Gasteiger charge is -2.14. The van der Waals surface area contributed by atoms with E-state index in [1.165, 1.54) is 32.5 Å². The SMILES string of the molecule is COc1cc(OC)c(Cl)c(-n2ncccc2=O)c1Cl. The topological polar surface area (TPSA) is 53.4 Å². The Balaban J connectivity index is 2.82. The molecule has 1 aromatic carbocycles. The van der Waals surface area contributed by atoms with Crippen LogP contribution in [0, 0.1) is 0 Å². The predicted molar refractivity (Wildman–Crippen MR) is 73.0 cm³/mol. The van der Waals surface area contributed by atoms with Crippen LogP contribution in [0.15, 0.2) is 29.2 Å². The molecule has 19 heavy (non-hydrogen) atoms. The minimum absolute atomic E-state index is 0.189. The summed E-state index contributed by atoms with van der Waals surface area (Å²) in [7, 11) is 2.92. The summed E-state index contributed by atoms with van der Waals surface area (Å²) in [6, 6.07) is 4.42. The highest BCUT2D eigenvalue weighted by Gasteiger charge is 2.19. The Bertz CT molecular complexity index is 642. The van der Waals surface area contributed by atoms with Gasteiger partial charge < -0.3 is 9.47 Å². The van der Waals surface area contributed by atoms with Crippen LogP contribution in [0.4, 0.5) is 0 Å². The van der Waals surface area contributed by atoms with Gasteiger partial charge in [0.15, 0.2) is 0 Å². The molecule has 0 bridgehead atoms. The minimum Gasteiger partial charge on any atom is -0.495 e. The van der Waals surface area contributed by atoms with E-state index < -0.39 is 0 Å². The molecular formula is C12H10Cl2N2O3. The first-order valence-electron chi connectivity index (χ1n) is 5.24. The predicted octanol–water partition coefficient (Wildman–Crippen LogP) is 2.56. The Morgan fingerprint density at radius 3 is 2.21 bits per heavy atom. The van der Waals surface area contributed by atoms with E-state index >= 15 is 0 Å². The number of benzene rings is 1. The zero-order valence-electron chi connectivity index (χ0n) is 10.2. The molecule has 0 saturated heterocycles. The van der Waals surface area contributed by atoms with Crippen molar-refractivity contribution in [2.75, 3.05) is 14.2 Å². The van der Waals surface area contributed by atoms with Crippen LogP contribution >= 0.6 is 23.2 Å². The van der Waals surface area contributed by atoms with Gasteiger partial charge in [-0.25, -0.2) is 0 Å². The molecule has 2 rings (SSSR count). The lowest BCUT2D eigenvalue weighted by molar-refractivity contribution is 0.394. The quantitative estimate of drug-likeness (QED) is 0.874. The molecule has 1 aromatic heterocycles. The second kappa shape index (κ2) is 5.50. The molecule has 1 heterocycles. The Hall–Kier alpha value is -1.72. The molecule has 0 N–H and O–H groups in total. The summed E-state index contributed by atoms with van der Waals surface area (Å²) in [5.74, 6) is 0.686. The van der Waals surface area contributed by atoms with Crippen LogP contribution in [-0.4, -0.2) is 24.0 Å². The van der Waals surface area contributed by atoms with E-state index in [9.17, 15) is 4.79 Å². The smallest absolute Gasteiger partial charge is 0.271 e. The summed E-state index contributed by atoms with van der Waals surface area (Å²) >= 11 is 12.4. The Morgan fingerprint density at radius 1 is 1.16 bits per heavy atom. The van der Waals surface area contributed by atoms with Crippen molar-refractivity contribution in [1.82, 2.24) is 9.78 Å². The van der Waals surface area contributed by atoms with E-state index in [0.29, 0.717) is 11.5 Å². The number of rotatable bonds is 3. The molecule has 0 aliphatic carbocycles. The molecular weight excluding hydrogens is 291 g/mol. The van der Waals surface area contributed by atoms with Crippen molar-refractivity contribution in [3.05, 3.63) is 44.8 Å². The molecule has 0 radical (unpaired) electrons. The molecule has 2 aromatic rings. The van der Waals surface area contributed by atoms with Crippen LogP contribution < -0.4 is 15.0 Å².